The van der Waals surface area contributed by atoms with E-state index in [4.69, 9.17) is 4.74 Å². The Morgan fingerprint density at radius 1 is 0.517 bits per heavy atom. The summed E-state index contributed by atoms with van der Waals surface area (Å²) in [6.07, 6.45) is -0.0335. The lowest BCUT2D eigenvalue weighted by molar-refractivity contribution is 0.282. The molecule has 1 aliphatic heterocycles. The largest absolute Gasteiger partial charge is 0.457 e. The molecule has 0 fully saturated rings. The minimum atomic E-state index is -0.117. The highest BCUT2D eigenvalue weighted by atomic mass is 16.5. The Kier molecular flexibility index (Phi) is 9.37. The predicted molar refractivity (Wildman–Crippen MR) is 252 cm³/mol. The molecule has 5 nitrogen and oxygen atoms in total. The first kappa shape index (κ1) is 37.1. The molecule has 1 aliphatic rings. The van der Waals surface area contributed by atoms with Crippen molar-refractivity contribution in [3.63, 3.8) is 0 Å². The van der Waals surface area contributed by atoms with Crippen molar-refractivity contribution < 1.29 is 4.74 Å². The predicted octanol–water partition coefficient (Wildman–Crippen LogP) is 15.1. The van der Waals surface area contributed by atoms with Crippen LogP contribution in [-0.4, -0.2) is 11.2 Å². The van der Waals surface area contributed by atoms with Crippen LogP contribution in [0.4, 0.5) is 28.4 Å². The lowest BCUT2D eigenvalue weighted by Gasteiger charge is -2.35. The highest BCUT2D eigenvalue weighted by molar-refractivity contribution is 6.08. The highest BCUT2D eigenvalue weighted by Crippen LogP contribution is 2.50. The summed E-state index contributed by atoms with van der Waals surface area (Å²) in [5.41, 5.74) is 13.9. The topological polar surface area (TPSA) is 32.7 Å². The second-order valence-electron chi connectivity index (χ2n) is 16.9. The molecule has 0 radical (unpaired) electrons. The van der Waals surface area contributed by atoms with Crippen LogP contribution in [0.25, 0.3) is 44.1 Å². The summed E-state index contributed by atoms with van der Waals surface area (Å²) in [7, 11) is 0. The number of aryl methyl sites for hydroxylation is 1. The number of aromatic nitrogens is 1. The van der Waals surface area contributed by atoms with Gasteiger partial charge in [-0.25, -0.2) is 0 Å². The van der Waals surface area contributed by atoms with E-state index in [2.05, 4.69) is 242 Å². The maximum absolute atomic E-state index is 6.81. The molecule has 0 spiro atoms. The standard InChI is InChI=1S/C55H48N4O/c1-38-29-31-41(32-30-38)56-54(55(2,3)4)59-49-26-12-11-23-47(49)48-34-33-44(36-52(48)59)60-43-22-15-21-42(35-43)57-37-58(51-28-14-13-27-50(51)57)53-45(39-17-7-5-8-18-39)24-16-25-46(53)40-19-9-6-10-20-40/h5-36,54,56H,37H2,1-4H3. The van der Waals surface area contributed by atoms with Crippen LogP contribution in [0.2, 0.25) is 0 Å². The summed E-state index contributed by atoms with van der Waals surface area (Å²) in [6.45, 7) is 9.66. The van der Waals surface area contributed by atoms with E-state index in [1.165, 1.54) is 49.8 Å². The molecule has 10 rings (SSSR count). The second-order valence-corrected chi connectivity index (χ2v) is 16.9. The molecule has 5 heteroatoms. The Morgan fingerprint density at radius 3 is 1.78 bits per heavy atom. The maximum Gasteiger partial charge on any atom is 0.129 e. The van der Waals surface area contributed by atoms with Gasteiger partial charge in [0.25, 0.3) is 0 Å². The average Bonchev–Trinajstić information content (AvgIpc) is 3.82. The zero-order valence-electron chi connectivity index (χ0n) is 34.5. The lowest BCUT2D eigenvalue weighted by atomic mass is 9.91. The molecule has 0 saturated carbocycles. The minimum absolute atomic E-state index is 0.0335. The highest BCUT2D eigenvalue weighted by Gasteiger charge is 2.32. The van der Waals surface area contributed by atoms with Crippen LogP contribution in [0.1, 0.15) is 32.5 Å². The van der Waals surface area contributed by atoms with Gasteiger partial charge in [0.05, 0.1) is 28.1 Å². The number of nitrogens with one attached hydrogen (secondary N) is 1. The molecule has 0 amide bonds. The van der Waals surface area contributed by atoms with Crippen LogP contribution in [0.5, 0.6) is 11.5 Å². The Hall–Kier alpha value is -7.24. The smallest absolute Gasteiger partial charge is 0.129 e. The van der Waals surface area contributed by atoms with E-state index in [1.54, 1.807) is 0 Å². The van der Waals surface area contributed by atoms with Crippen molar-refractivity contribution in [2.24, 2.45) is 5.41 Å². The van der Waals surface area contributed by atoms with Gasteiger partial charge in [-0.1, -0.05) is 154 Å². The Balaban J connectivity index is 1.02. The molecule has 0 aliphatic carbocycles. The number of hydrogen-bond acceptors (Lipinski definition) is 4. The zero-order chi connectivity index (χ0) is 40.8. The van der Waals surface area contributed by atoms with Crippen molar-refractivity contribution in [1.29, 1.82) is 0 Å². The quantitative estimate of drug-likeness (QED) is 0.158. The molecule has 0 bridgehead atoms. The molecule has 60 heavy (non-hydrogen) atoms. The van der Waals surface area contributed by atoms with Crippen molar-refractivity contribution in [1.82, 2.24) is 4.57 Å². The number of nitrogens with zero attached hydrogens (tertiary/aromatic N) is 3. The first-order chi connectivity index (χ1) is 29.3. The molecule has 1 N–H and O–H groups in total. The molecular formula is C55H48N4O. The summed E-state index contributed by atoms with van der Waals surface area (Å²) in [4.78, 5) is 4.86. The van der Waals surface area contributed by atoms with Gasteiger partial charge in [0.15, 0.2) is 0 Å². The van der Waals surface area contributed by atoms with Crippen molar-refractivity contribution >= 4 is 50.2 Å². The molecule has 0 saturated heterocycles. The first-order valence-electron chi connectivity index (χ1n) is 20.8. The molecule has 294 valence electrons. The fourth-order valence-electron chi connectivity index (χ4n) is 8.81. The van der Waals surface area contributed by atoms with E-state index in [1.807, 2.05) is 0 Å². The third kappa shape index (κ3) is 6.82. The Morgan fingerprint density at radius 2 is 1.10 bits per heavy atom. The summed E-state index contributed by atoms with van der Waals surface area (Å²) in [5, 5.41) is 6.33. The van der Waals surface area contributed by atoms with Gasteiger partial charge in [-0.05, 0) is 72.6 Å². The zero-order valence-corrected chi connectivity index (χ0v) is 34.5. The third-order valence-corrected chi connectivity index (χ3v) is 11.7. The van der Waals surface area contributed by atoms with Gasteiger partial charge in [0.1, 0.15) is 24.3 Å². The fourth-order valence-corrected chi connectivity index (χ4v) is 8.81. The van der Waals surface area contributed by atoms with Gasteiger partial charge < -0.3 is 24.4 Å². The van der Waals surface area contributed by atoms with Gasteiger partial charge in [-0.15, -0.1) is 0 Å². The third-order valence-electron chi connectivity index (χ3n) is 11.7. The second kappa shape index (κ2) is 15.2. The summed E-state index contributed by atoms with van der Waals surface area (Å²) >= 11 is 0. The van der Waals surface area contributed by atoms with Crippen LogP contribution in [0.3, 0.4) is 0 Å². The van der Waals surface area contributed by atoms with Crippen LogP contribution in [-0.2, 0) is 0 Å². The number of benzene rings is 8. The molecule has 9 aromatic rings. The number of ether oxygens (including phenoxy) is 1. The molecule has 1 unspecified atom stereocenters. The monoisotopic (exact) mass is 780 g/mol. The molecule has 8 aromatic carbocycles. The number of para-hydroxylation sites is 4. The van der Waals surface area contributed by atoms with Crippen LogP contribution < -0.4 is 19.9 Å². The van der Waals surface area contributed by atoms with Crippen LogP contribution in [0, 0.1) is 12.3 Å². The summed E-state index contributed by atoms with van der Waals surface area (Å²) in [6, 6.07) is 69.2. The van der Waals surface area contributed by atoms with Crippen molar-refractivity contribution in [3.8, 4) is 33.8 Å². The molecule has 1 atom stereocenters. The van der Waals surface area contributed by atoms with Gasteiger partial charge in [-0.2, -0.15) is 0 Å². The van der Waals surface area contributed by atoms with E-state index in [0.717, 1.165) is 39.8 Å². The van der Waals surface area contributed by atoms with Gasteiger partial charge in [0, 0.05) is 50.8 Å². The normalized spacial score (nSPS) is 13.1. The fraction of sp³-hybridized carbons (Fsp3) is 0.127. The number of fused-ring (bicyclic) bond motifs is 4. The van der Waals surface area contributed by atoms with Gasteiger partial charge in [0.2, 0.25) is 0 Å². The Bertz CT molecular complexity index is 2910. The summed E-state index contributed by atoms with van der Waals surface area (Å²) < 4.78 is 9.27. The molecular weight excluding hydrogens is 733 g/mol. The Labute approximate surface area is 352 Å². The SMILES string of the molecule is Cc1ccc(NC(n2c3ccccc3c3ccc(Oc4cccc(N5CN(c6c(-c7ccccc7)cccc6-c6ccccc6)c6ccccc65)c4)cc32)C(C)(C)C)cc1. The molecule has 1 aromatic heterocycles. The van der Waals surface area contributed by atoms with Crippen molar-refractivity contribution in [2.45, 2.75) is 33.9 Å². The average molecular weight is 781 g/mol. The molecule has 2 heterocycles. The van der Waals surface area contributed by atoms with Crippen molar-refractivity contribution in [2.75, 3.05) is 21.8 Å². The van der Waals surface area contributed by atoms with Crippen LogP contribution in [0.15, 0.2) is 194 Å². The maximum atomic E-state index is 6.81. The minimum Gasteiger partial charge on any atom is -0.457 e. The van der Waals surface area contributed by atoms with E-state index in [-0.39, 0.29) is 11.6 Å². The summed E-state index contributed by atoms with van der Waals surface area (Å²) in [5.74, 6) is 1.57. The number of rotatable bonds is 9. The van der Waals surface area contributed by atoms with Crippen LogP contribution >= 0.6 is 0 Å². The lowest BCUT2D eigenvalue weighted by Crippen LogP contribution is -2.31. The van der Waals surface area contributed by atoms with E-state index < -0.39 is 0 Å². The number of anilines is 5. The van der Waals surface area contributed by atoms with E-state index in [9.17, 15) is 0 Å². The van der Waals surface area contributed by atoms with E-state index in [0.29, 0.717) is 6.67 Å². The van der Waals surface area contributed by atoms with Gasteiger partial charge in [-0.3, -0.25) is 0 Å². The van der Waals surface area contributed by atoms with Crippen molar-refractivity contribution in [3.05, 3.63) is 200 Å². The van der Waals surface area contributed by atoms with Gasteiger partial charge >= 0.3 is 0 Å². The first-order valence-corrected chi connectivity index (χ1v) is 20.8. The van der Waals surface area contributed by atoms with E-state index >= 15 is 0 Å². The number of hydrogen-bond donors (Lipinski definition) is 1.